The van der Waals surface area contributed by atoms with E-state index in [2.05, 4.69) is 5.32 Å². The molecule has 0 aromatic heterocycles. The minimum absolute atomic E-state index is 0.0339. The van der Waals surface area contributed by atoms with E-state index in [1.54, 1.807) is 44.2 Å². The van der Waals surface area contributed by atoms with Gasteiger partial charge in [-0.1, -0.05) is 92.7 Å². The molecule has 1 aliphatic carbocycles. The summed E-state index contributed by atoms with van der Waals surface area (Å²) in [5.41, 5.74) is 1.49. The van der Waals surface area contributed by atoms with Crippen LogP contribution in [0.25, 0.3) is 6.08 Å². The lowest BCUT2D eigenvalue weighted by atomic mass is 9.90. The molecule has 56 heavy (non-hydrogen) atoms. The maximum absolute atomic E-state index is 14.3. The Bertz CT molecular complexity index is 1990. The Morgan fingerprint density at radius 2 is 1.61 bits per heavy atom. The van der Waals surface area contributed by atoms with E-state index in [-0.39, 0.29) is 43.6 Å². The van der Waals surface area contributed by atoms with Gasteiger partial charge in [-0.2, -0.15) is 0 Å². The van der Waals surface area contributed by atoms with Gasteiger partial charge in [0.25, 0.3) is 0 Å². The molecule has 13 heteroatoms. The molecule has 7 rings (SSSR count). The summed E-state index contributed by atoms with van der Waals surface area (Å²) in [5, 5.41) is 11.9. The number of esters is 3. The highest BCUT2D eigenvalue weighted by molar-refractivity contribution is 5.99. The number of nitrogens with zero attached hydrogens (tertiary/aromatic N) is 1. The molecule has 3 fully saturated rings. The molecule has 4 aliphatic rings. The van der Waals surface area contributed by atoms with Gasteiger partial charge in [0.15, 0.2) is 0 Å². The summed E-state index contributed by atoms with van der Waals surface area (Å²) in [6.45, 7) is 3.84. The lowest BCUT2D eigenvalue weighted by Crippen LogP contribution is -2.49. The first-order valence-electron chi connectivity index (χ1n) is 18.7. The lowest BCUT2D eigenvalue weighted by Gasteiger charge is -2.33. The summed E-state index contributed by atoms with van der Waals surface area (Å²) in [4.78, 5) is 67.9. The summed E-state index contributed by atoms with van der Waals surface area (Å²) in [6, 6.07) is 24.6. The molecule has 3 aliphatic heterocycles. The number of fused-ring (bicyclic) bond motifs is 1. The van der Waals surface area contributed by atoms with E-state index in [4.69, 9.17) is 23.7 Å². The average Bonchev–Trinajstić information content (AvgIpc) is 3.93. The molecule has 3 heterocycles. The number of aliphatic hydroxyl groups excluding tert-OH is 1. The van der Waals surface area contributed by atoms with Gasteiger partial charge < -0.3 is 39.0 Å². The van der Waals surface area contributed by atoms with Gasteiger partial charge in [0.2, 0.25) is 23.7 Å². The van der Waals surface area contributed by atoms with Crippen LogP contribution in [0.15, 0.2) is 103 Å². The molecule has 0 bridgehead atoms. The van der Waals surface area contributed by atoms with Crippen molar-refractivity contribution in [1.29, 1.82) is 0 Å². The number of benzene rings is 3. The van der Waals surface area contributed by atoms with Crippen LogP contribution in [-0.2, 0) is 48.6 Å². The molecule has 292 valence electrons. The summed E-state index contributed by atoms with van der Waals surface area (Å²) < 4.78 is 30.4. The van der Waals surface area contributed by atoms with Crippen molar-refractivity contribution in [3.05, 3.63) is 125 Å². The molecule has 3 saturated heterocycles. The van der Waals surface area contributed by atoms with Gasteiger partial charge in [-0.25, -0.2) is 14.4 Å². The summed E-state index contributed by atoms with van der Waals surface area (Å²) in [5.74, 6) is -4.30. The number of carbonyl (C=O) groups excluding carboxylic acids is 5. The van der Waals surface area contributed by atoms with Gasteiger partial charge in [-0.05, 0) is 36.6 Å². The van der Waals surface area contributed by atoms with Crippen molar-refractivity contribution in [2.24, 2.45) is 5.41 Å². The number of carbonyl (C=O) groups is 5. The molecule has 2 amide bonds. The number of nitrogens with one attached hydrogen (secondary N) is 1. The van der Waals surface area contributed by atoms with Gasteiger partial charge in [0.05, 0.1) is 12.2 Å². The molecule has 13 nitrogen and oxygen atoms in total. The molecule has 2 N–H and O–H groups in total. The van der Waals surface area contributed by atoms with E-state index in [0.717, 1.165) is 6.08 Å². The number of ether oxygens (including phenoxy) is 5. The minimum atomic E-state index is -1.42. The SMILES string of the molecule is CC1(C)COC(=O)[C@@H]1OC(=O)C=Cc1ccccc1C(=O)O[C@@H]1CC(C(=O)N2CCC[C@@H]2C(=O)NCCO)=C[C@H]2OC(c3ccccc3)(c3ccccc3)O[C@H]21. The van der Waals surface area contributed by atoms with Gasteiger partial charge in [0.1, 0.15) is 31.0 Å². The molecular weight excluding hydrogens is 720 g/mol. The van der Waals surface area contributed by atoms with E-state index in [9.17, 15) is 29.1 Å². The summed E-state index contributed by atoms with van der Waals surface area (Å²) >= 11 is 0. The van der Waals surface area contributed by atoms with Crippen LogP contribution in [0.5, 0.6) is 0 Å². The number of amides is 2. The number of aliphatic hydroxyl groups is 1. The maximum Gasteiger partial charge on any atom is 0.348 e. The molecule has 0 saturated carbocycles. The fourth-order valence-corrected chi connectivity index (χ4v) is 7.62. The Balaban J connectivity index is 1.19. The predicted molar refractivity (Wildman–Crippen MR) is 200 cm³/mol. The van der Waals surface area contributed by atoms with Crippen LogP contribution in [0, 0.1) is 5.41 Å². The van der Waals surface area contributed by atoms with Crippen LogP contribution in [-0.4, -0.2) is 96.5 Å². The highest BCUT2D eigenvalue weighted by Crippen LogP contribution is 2.47. The van der Waals surface area contributed by atoms with Crippen molar-refractivity contribution >= 4 is 35.8 Å². The number of hydrogen-bond donors (Lipinski definition) is 2. The lowest BCUT2D eigenvalue weighted by molar-refractivity contribution is -0.159. The van der Waals surface area contributed by atoms with Crippen LogP contribution in [0.1, 0.15) is 60.2 Å². The van der Waals surface area contributed by atoms with E-state index in [1.165, 1.54) is 11.0 Å². The Morgan fingerprint density at radius 1 is 0.929 bits per heavy atom. The second kappa shape index (κ2) is 16.2. The first-order valence-corrected chi connectivity index (χ1v) is 18.7. The van der Waals surface area contributed by atoms with Crippen LogP contribution in [0.2, 0.25) is 0 Å². The molecule has 5 atom stereocenters. The van der Waals surface area contributed by atoms with Gasteiger partial charge in [-0.15, -0.1) is 0 Å². The van der Waals surface area contributed by atoms with Gasteiger partial charge in [0, 0.05) is 47.7 Å². The molecular formula is C43H44N2O11. The zero-order valence-electron chi connectivity index (χ0n) is 31.1. The Kier molecular flexibility index (Phi) is 11.2. The van der Waals surface area contributed by atoms with Gasteiger partial charge in [-0.3, -0.25) is 9.59 Å². The van der Waals surface area contributed by atoms with Crippen molar-refractivity contribution in [1.82, 2.24) is 10.2 Å². The third-order valence-corrected chi connectivity index (χ3v) is 10.5. The summed E-state index contributed by atoms with van der Waals surface area (Å²) in [7, 11) is 0. The second-order valence-electron chi connectivity index (χ2n) is 14.9. The Morgan fingerprint density at radius 3 is 2.27 bits per heavy atom. The van der Waals surface area contributed by atoms with Crippen molar-refractivity contribution in [3.8, 4) is 0 Å². The molecule has 0 unspecified atom stereocenters. The molecule has 0 radical (unpaired) electrons. The van der Waals surface area contributed by atoms with Crippen LogP contribution in [0.4, 0.5) is 0 Å². The van der Waals surface area contributed by atoms with Crippen molar-refractivity contribution in [2.45, 2.75) is 69.4 Å². The Hall–Kier alpha value is -5.63. The zero-order chi connectivity index (χ0) is 39.5. The van der Waals surface area contributed by atoms with E-state index in [0.29, 0.717) is 41.6 Å². The summed E-state index contributed by atoms with van der Waals surface area (Å²) in [6.07, 6.45) is 1.50. The van der Waals surface area contributed by atoms with Crippen LogP contribution < -0.4 is 5.32 Å². The molecule has 3 aromatic rings. The van der Waals surface area contributed by atoms with E-state index in [1.807, 2.05) is 60.7 Å². The smallest absolute Gasteiger partial charge is 0.348 e. The van der Waals surface area contributed by atoms with Crippen molar-refractivity contribution in [2.75, 3.05) is 26.3 Å². The third-order valence-electron chi connectivity index (χ3n) is 10.5. The zero-order valence-corrected chi connectivity index (χ0v) is 31.1. The topological polar surface area (TPSA) is 167 Å². The fourth-order valence-electron chi connectivity index (χ4n) is 7.62. The molecule has 0 spiro atoms. The quantitative estimate of drug-likeness (QED) is 0.166. The number of hydrogen-bond acceptors (Lipinski definition) is 11. The maximum atomic E-state index is 14.3. The van der Waals surface area contributed by atoms with E-state index < -0.39 is 59.6 Å². The highest BCUT2D eigenvalue weighted by atomic mass is 16.8. The average molecular weight is 765 g/mol. The predicted octanol–water partition coefficient (Wildman–Crippen LogP) is 3.83. The Labute approximate surface area is 324 Å². The first-order chi connectivity index (χ1) is 27.0. The standard InChI is InChI=1S/C43H44N2O11/c1-42(2)26-52-41(51)37(42)54-35(47)20-19-27-12-9-10-17-31(27)40(50)53-33-24-28(39(49)45-22-11-18-32(45)38(48)44-21-23-46)25-34-36(33)56-43(55-34,29-13-5-3-6-14-29)30-15-7-4-8-16-30/h3-10,12-17,19-20,25,32-34,36-37,46H,11,18,21-24,26H2,1-2H3,(H,44,48)/t32-,33-,34-,36+,37+/m1/s1. The largest absolute Gasteiger partial charge is 0.462 e. The van der Waals surface area contributed by atoms with Crippen molar-refractivity contribution in [3.63, 3.8) is 0 Å². The molecule has 3 aromatic carbocycles. The van der Waals surface area contributed by atoms with E-state index >= 15 is 0 Å². The van der Waals surface area contributed by atoms with Crippen LogP contribution in [0.3, 0.4) is 0 Å². The van der Waals surface area contributed by atoms with Crippen LogP contribution >= 0.6 is 0 Å². The highest BCUT2D eigenvalue weighted by Gasteiger charge is 2.55. The third kappa shape index (κ3) is 7.75. The normalized spacial score (nSPS) is 24.9. The number of cyclic esters (lactones) is 1. The monoisotopic (exact) mass is 764 g/mol. The second-order valence-corrected chi connectivity index (χ2v) is 14.9. The number of rotatable bonds is 11. The first kappa shape index (κ1) is 38.6. The fraction of sp³-hybridized carbons (Fsp3) is 0.372. The number of likely N-dealkylation sites (tertiary alicyclic amines) is 1. The minimum Gasteiger partial charge on any atom is -0.462 e. The van der Waals surface area contributed by atoms with Gasteiger partial charge >= 0.3 is 17.9 Å². The van der Waals surface area contributed by atoms with Crippen molar-refractivity contribution < 1.29 is 52.8 Å².